The summed E-state index contributed by atoms with van der Waals surface area (Å²) in [6.07, 6.45) is 0.800. The van der Waals surface area contributed by atoms with Gasteiger partial charge in [-0.05, 0) is 18.2 Å². The Kier molecular flexibility index (Phi) is 2.77. The fourth-order valence-electron chi connectivity index (χ4n) is 1.76. The van der Waals surface area contributed by atoms with Crippen LogP contribution in [-0.2, 0) is 0 Å². The Morgan fingerprint density at radius 1 is 1.00 bits per heavy atom. The predicted molar refractivity (Wildman–Crippen MR) is 62.4 cm³/mol. The number of rotatable bonds is 3. The summed E-state index contributed by atoms with van der Waals surface area (Å²) < 4.78 is 10.5. The van der Waals surface area contributed by atoms with E-state index in [4.69, 9.17) is 9.47 Å². The van der Waals surface area contributed by atoms with E-state index in [0.29, 0.717) is 11.3 Å². The van der Waals surface area contributed by atoms with E-state index in [2.05, 4.69) is 0 Å². The van der Waals surface area contributed by atoms with Crippen LogP contribution >= 0.6 is 0 Å². The minimum Gasteiger partial charge on any atom is -0.496 e. The Bertz CT molecular complexity index is 532. The number of carbonyl (C=O) groups is 1. The normalized spacial score (nSPS) is 10.1. The van der Waals surface area contributed by atoms with Crippen molar-refractivity contribution in [2.45, 2.75) is 0 Å². The molecule has 0 saturated carbocycles. The lowest BCUT2D eigenvalue weighted by Crippen LogP contribution is -1.91. The van der Waals surface area contributed by atoms with Crippen molar-refractivity contribution in [3.63, 3.8) is 0 Å². The molecule has 0 saturated heterocycles. The second kappa shape index (κ2) is 4.23. The number of aldehydes is 1. The van der Waals surface area contributed by atoms with Crippen LogP contribution in [0.2, 0.25) is 0 Å². The van der Waals surface area contributed by atoms with Gasteiger partial charge in [-0.15, -0.1) is 0 Å². The lowest BCUT2D eigenvalue weighted by atomic mass is 10.1. The third-order valence-corrected chi connectivity index (χ3v) is 2.52. The molecule has 3 nitrogen and oxygen atoms in total. The number of benzene rings is 2. The first-order valence-electron chi connectivity index (χ1n) is 4.90. The minimum absolute atomic E-state index is 0.578. The lowest BCUT2D eigenvalue weighted by Gasteiger charge is -2.09. The van der Waals surface area contributed by atoms with Gasteiger partial charge in [0, 0.05) is 16.3 Å². The molecule has 0 atom stereocenters. The van der Waals surface area contributed by atoms with Crippen LogP contribution in [0.15, 0.2) is 30.3 Å². The van der Waals surface area contributed by atoms with Crippen LogP contribution in [0.5, 0.6) is 11.5 Å². The molecule has 0 spiro atoms. The first-order chi connectivity index (χ1) is 7.80. The molecule has 2 aromatic rings. The van der Waals surface area contributed by atoms with Crippen molar-refractivity contribution in [2.24, 2.45) is 0 Å². The predicted octanol–water partition coefficient (Wildman–Crippen LogP) is 2.67. The highest BCUT2D eigenvalue weighted by atomic mass is 16.5. The van der Waals surface area contributed by atoms with Crippen LogP contribution in [0.4, 0.5) is 0 Å². The van der Waals surface area contributed by atoms with Gasteiger partial charge in [0.1, 0.15) is 17.8 Å². The van der Waals surface area contributed by atoms with Crippen molar-refractivity contribution in [2.75, 3.05) is 14.2 Å². The largest absolute Gasteiger partial charge is 0.496 e. The van der Waals surface area contributed by atoms with E-state index in [0.717, 1.165) is 22.8 Å². The van der Waals surface area contributed by atoms with Gasteiger partial charge in [0.15, 0.2) is 0 Å². The van der Waals surface area contributed by atoms with Gasteiger partial charge in [0.05, 0.1) is 14.2 Å². The molecule has 0 aromatic heterocycles. The zero-order chi connectivity index (χ0) is 11.5. The van der Waals surface area contributed by atoms with Crippen molar-refractivity contribution >= 4 is 17.1 Å². The van der Waals surface area contributed by atoms with Gasteiger partial charge in [-0.25, -0.2) is 0 Å². The molecule has 2 rings (SSSR count). The molecule has 0 aliphatic carbocycles. The maximum Gasteiger partial charge on any atom is 0.150 e. The van der Waals surface area contributed by atoms with Crippen molar-refractivity contribution < 1.29 is 14.3 Å². The molecule has 0 amide bonds. The quantitative estimate of drug-likeness (QED) is 0.740. The molecule has 0 N–H and O–H groups in total. The fourth-order valence-corrected chi connectivity index (χ4v) is 1.76. The highest BCUT2D eigenvalue weighted by molar-refractivity contribution is 5.97. The van der Waals surface area contributed by atoms with Gasteiger partial charge >= 0.3 is 0 Å². The summed E-state index contributed by atoms with van der Waals surface area (Å²) in [4.78, 5) is 10.8. The number of hydrogen-bond acceptors (Lipinski definition) is 3. The monoisotopic (exact) mass is 216 g/mol. The SMILES string of the molecule is COc1cc(C=O)cc2c(OC)cccc12. The molecule has 0 fully saturated rings. The average Bonchev–Trinajstić information content (AvgIpc) is 2.36. The standard InChI is InChI=1S/C13H12O3/c1-15-12-5-3-4-10-11(12)6-9(8-14)7-13(10)16-2/h3-8H,1-2H3. The van der Waals surface area contributed by atoms with Crippen LogP contribution in [0.3, 0.4) is 0 Å². The molecular weight excluding hydrogens is 204 g/mol. The molecule has 0 bridgehead atoms. The van der Waals surface area contributed by atoms with E-state index in [1.165, 1.54) is 0 Å². The zero-order valence-corrected chi connectivity index (χ0v) is 9.19. The first-order valence-corrected chi connectivity index (χ1v) is 4.90. The Hall–Kier alpha value is -2.03. The van der Waals surface area contributed by atoms with Gasteiger partial charge < -0.3 is 9.47 Å². The molecule has 0 heterocycles. The molecule has 0 unspecified atom stereocenters. The summed E-state index contributed by atoms with van der Waals surface area (Å²) in [5, 5.41) is 1.82. The Labute approximate surface area is 93.6 Å². The van der Waals surface area contributed by atoms with E-state index in [9.17, 15) is 4.79 Å². The molecule has 0 radical (unpaired) electrons. The Balaban J connectivity index is 2.83. The minimum atomic E-state index is 0.578. The van der Waals surface area contributed by atoms with Crippen molar-refractivity contribution in [3.8, 4) is 11.5 Å². The second-order valence-corrected chi connectivity index (χ2v) is 3.40. The highest BCUT2D eigenvalue weighted by Gasteiger charge is 2.07. The second-order valence-electron chi connectivity index (χ2n) is 3.40. The number of methoxy groups -OCH3 is 2. The van der Waals surface area contributed by atoms with Crippen molar-refractivity contribution in [1.82, 2.24) is 0 Å². The van der Waals surface area contributed by atoms with Crippen LogP contribution in [0.1, 0.15) is 10.4 Å². The van der Waals surface area contributed by atoms with Gasteiger partial charge in [-0.2, -0.15) is 0 Å². The zero-order valence-electron chi connectivity index (χ0n) is 9.19. The van der Waals surface area contributed by atoms with Gasteiger partial charge in [-0.1, -0.05) is 12.1 Å². The molecule has 2 aromatic carbocycles. The molecule has 0 aliphatic rings. The van der Waals surface area contributed by atoms with Gasteiger partial charge in [-0.3, -0.25) is 4.79 Å². The van der Waals surface area contributed by atoms with Crippen LogP contribution in [0.25, 0.3) is 10.8 Å². The topological polar surface area (TPSA) is 35.5 Å². The molecule has 3 heteroatoms. The van der Waals surface area contributed by atoms with Crippen LogP contribution in [0, 0.1) is 0 Å². The summed E-state index contributed by atoms with van der Waals surface area (Å²) in [5.41, 5.74) is 0.578. The third kappa shape index (κ3) is 1.60. The fraction of sp³-hybridized carbons (Fsp3) is 0.154. The van der Waals surface area contributed by atoms with Crippen LogP contribution in [-0.4, -0.2) is 20.5 Å². The van der Waals surface area contributed by atoms with Crippen molar-refractivity contribution in [3.05, 3.63) is 35.9 Å². The summed E-state index contributed by atoms with van der Waals surface area (Å²) in [5.74, 6) is 1.41. The summed E-state index contributed by atoms with van der Waals surface area (Å²) >= 11 is 0. The summed E-state index contributed by atoms with van der Waals surface area (Å²) in [7, 11) is 3.19. The molecular formula is C13H12O3. The Morgan fingerprint density at radius 3 is 2.38 bits per heavy atom. The lowest BCUT2D eigenvalue weighted by molar-refractivity contribution is 0.112. The van der Waals surface area contributed by atoms with Gasteiger partial charge in [0.25, 0.3) is 0 Å². The molecule has 16 heavy (non-hydrogen) atoms. The summed E-state index contributed by atoms with van der Waals surface area (Å²) in [6, 6.07) is 9.20. The number of fused-ring (bicyclic) bond motifs is 1. The van der Waals surface area contributed by atoms with E-state index in [1.54, 1.807) is 26.4 Å². The van der Waals surface area contributed by atoms with E-state index < -0.39 is 0 Å². The molecule has 0 aliphatic heterocycles. The Morgan fingerprint density at radius 2 is 1.75 bits per heavy atom. The van der Waals surface area contributed by atoms with Gasteiger partial charge in [0.2, 0.25) is 0 Å². The van der Waals surface area contributed by atoms with Crippen LogP contribution < -0.4 is 9.47 Å². The number of hydrogen-bond donors (Lipinski definition) is 0. The number of ether oxygens (including phenoxy) is 2. The molecule has 82 valence electrons. The first kappa shape index (κ1) is 10.5. The third-order valence-electron chi connectivity index (χ3n) is 2.52. The van der Waals surface area contributed by atoms with E-state index >= 15 is 0 Å². The average molecular weight is 216 g/mol. The summed E-state index contributed by atoms with van der Waals surface area (Å²) in [6.45, 7) is 0. The highest BCUT2D eigenvalue weighted by Crippen LogP contribution is 2.32. The smallest absolute Gasteiger partial charge is 0.150 e. The maximum atomic E-state index is 10.8. The number of carbonyl (C=O) groups excluding carboxylic acids is 1. The van der Waals surface area contributed by atoms with E-state index in [1.807, 2.05) is 18.2 Å². The van der Waals surface area contributed by atoms with Crippen molar-refractivity contribution in [1.29, 1.82) is 0 Å². The van der Waals surface area contributed by atoms with E-state index in [-0.39, 0.29) is 0 Å². The maximum absolute atomic E-state index is 10.8.